The van der Waals surface area contributed by atoms with Gasteiger partial charge in [0.2, 0.25) is 0 Å². The molecule has 4 rings (SSSR count). The molecule has 2 atom stereocenters. The van der Waals surface area contributed by atoms with Crippen molar-refractivity contribution in [2.24, 2.45) is 5.73 Å². The molecular formula is C21H27N5O2. The molecule has 0 spiro atoms. The van der Waals surface area contributed by atoms with Crippen LogP contribution in [0.2, 0.25) is 0 Å². The molecule has 2 heterocycles. The molecule has 1 aliphatic rings. The van der Waals surface area contributed by atoms with E-state index in [9.17, 15) is 4.79 Å². The Morgan fingerprint density at radius 2 is 2.07 bits per heavy atom. The van der Waals surface area contributed by atoms with Gasteiger partial charge in [0.15, 0.2) is 5.82 Å². The Morgan fingerprint density at radius 3 is 2.82 bits per heavy atom. The minimum atomic E-state index is -0.349. The van der Waals surface area contributed by atoms with Crippen molar-refractivity contribution < 1.29 is 11.0 Å². The molecular weight excluding hydrogens is 354 g/mol. The number of fused-ring (bicyclic) bond motifs is 1. The number of hydrogen-bond donors (Lipinski definition) is 3. The van der Waals surface area contributed by atoms with Crippen molar-refractivity contribution in [3.63, 3.8) is 0 Å². The van der Waals surface area contributed by atoms with E-state index in [1.165, 1.54) is 0 Å². The van der Waals surface area contributed by atoms with Crippen LogP contribution in [0, 0.1) is 13.8 Å². The highest BCUT2D eigenvalue weighted by Crippen LogP contribution is 2.32. The number of carbonyl (C=O) groups is 1. The zero-order valence-corrected chi connectivity index (χ0v) is 16.2. The molecule has 148 valence electrons. The number of aromatic amines is 1. The summed E-state index contributed by atoms with van der Waals surface area (Å²) in [4.78, 5) is 24.4. The quantitative estimate of drug-likeness (QED) is 0.586. The molecule has 28 heavy (non-hydrogen) atoms. The minimum Gasteiger partial charge on any atom is -0.461 e. The van der Waals surface area contributed by atoms with Gasteiger partial charge < -0.3 is 20.8 Å². The molecule has 1 aromatic carbocycles. The Balaban J connectivity index is 0.00000240. The van der Waals surface area contributed by atoms with E-state index in [-0.39, 0.29) is 26.1 Å². The van der Waals surface area contributed by atoms with Gasteiger partial charge in [0.25, 0.3) is 0 Å². The number of aromatic nitrogens is 3. The minimum absolute atomic E-state index is 0. The summed E-state index contributed by atoms with van der Waals surface area (Å²) in [5.41, 5.74) is 9.37. The summed E-state index contributed by atoms with van der Waals surface area (Å²) in [6.45, 7) is 4.04. The number of benzene rings is 1. The highest BCUT2D eigenvalue weighted by molar-refractivity contribution is 5.92. The van der Waals surface area contributed by atoms with Gasteiger partial charge in [-0.2, -0.15) is 0 Å². The highest BCUT2D eigenvalue weighted by Gasteiger charge is 2.28. The Hall–Kier alpha value is -2.93. The normalized spacial score (nSPS) is 19.1. The standard InChI is InChI=1S/C21H25N5O2.H2/c1-12-13(2)23-20-18(12)21(26-19(25-20)14-6-4-3-5-7-14)24-15-8-9-16(10-15)28-17(27)11-22;/h3-7,15-16H,8-11,22H2,1-2H3,(H2,23,24,25,26);1H. The van der Waals surface area contributed by atoms with Gasteiger partial charge >= 0.3 is 5.97 Å². The molecule has 7 nitrogen and oxygen atoms in total. The highest BCUT2D eigenvalue weighted by atomic mass is 16.5. The third-order valence-corrected chi connectivity index (χ3v) is 5.37. The second-order valence-electron chi connectivity index (χ2n) is 7.33. The van der Waals surface area contributed by atoms with Crippen LogP contribution in [0.3, 0.4) is 0 Å². The number of anilines is 1. The summed E-state index contributed by atoms with van der Waals surface area (Å²) in [5.74, 6) is 1.15. The van der Waals surface area contributed by atoms with Crippen molar-refractivity contribution in [1.82, 2.24) is 15.0 Å². The van der Waals surface area contributed by atoms with Crippen LogP contribution < -0.4 is 11.1 Å². The van der Waals surface area contributed by atoms with Gasteiger partial charge in [0, 0.05) is 25.1 Å². The summed E-state index contributed by atoms with van der Waals surface area (Å²) in [6, 6.07) is 10.1. The SMILES string of the molecule is Cc1[nH]c2nc(-c3ccccc3)nc(NC3CCC(OC(=O)CN)C3)c2c1C.[HH]. The van der Waals surface area contributed by atoms with Crippen molar-refractivity contribution >= 4 is 22.8 Å². The molecule has 1 fully saturated rings. The van der Waals surface area contributed by atoms with E-state index < -0.39 is 0 Å². The molecule has 0 radical (unpaired) electrons. The molecule has 0 amide bonds. The monoisotopic (exact) mass is 381 g/mol. The van der Waals surface area contributed by atoms with Gasteiger partial charge in [0.05, 0.1) is 11.9 Å². The van der Waals surface area contributed by atoms with Crippen LogP contribution in [0.5, 0.6) is 0 Å². The lowest BCUT2D eigenvalue weighted by Gasteiger charge is -2.16. The zero-order chi connectivity index (χ0) is 19.7. The zero-order valence-electron chi connectivity index (χ0n) is 16.2. The first kappa shape index (κ1) is 18.4. The number of esters is 1. The third-order valence-electron chi connectivity index (χ3n) is 5.37. The van der Waals surface area contributed by atoms with Crippen LogP contribution in [0.15, 0.2) is 30.3 Å². The molecule has 1 saturated carbocycles. The molecule has 2 aromatic heterocycles. The molecule has 4 N–H and O–H groups in total. The summed E-state index contributed by atoms with van der Waals surface area (Å²) < 4.78 is 5.39. The largest absolute Gasteiger partial charge is 0.461 e. The average Bonchev–Trinajstić information content (AvgIpc) is 3.26. The Kier molecular flexibility index (Phi) is 5.00. The maximum Gasteiger partial charge on any atom is 0.319 e. The summed E-state index contributed by atoms with van der Waals surface area (Å²) >= 11 is 0. The van der Waals surface area contributed by atoms with Crippen LogP contribution in [-0.4, -0.2) is 39.6 Å². The fourth-order valence-corrected chi connectivity index (χ4v) is 3.79. The van der Waals surface area contributed by atoms with Crippen LogP contribution >= 0.6 is 0 Å². The second kappa shape index (κ2) is 7.59. The lowest BCUT2D eigenvalue weighted by atomic mass is 10.1. The molecule has 0 bridgehead atoms. The van der Waals surface area contributed by atoms with Crippen molar-refractivity contribution in [3.05, 3.63) is 41.6 Å². The van der Waals surface area contributed by atoms with Gasteiger partial charge in [-0.1, -0.05) is 30.3 Å². The number of rotatable bonds is 5. The number of carbonyl (C=O) groups excluding carboxylic acids is 1. The van der Waals surface area contributed by atoms with Crippen molar-refractivity contribution in [2.45, 2.75) is 45.3 Å². The molecule has 7 heteroatoms. The van der Waals surface area contributed by atoms with Crippen LogP contribution in [-0.2, 0) is 9.53 Å². The first-order chi connectivity index (χ1) is 13.5. The van der Waals surface area contributed by atoms with E-state index in [4.69, 9.17) is 20.4 Å². The first-order valence-corrected chi connectivity index (χ1v) is 9.63. The maximum atomic E-state index is 11.5. The van der Waals surface area contributed by atoms with E-state index in [2.05, 4.69) is 17.2 Å². The second-order valence-corrected chi connectivity index (χ2v) is 7.33. The predicted octanol–water partition coefficient (Wildman–Crippen LogP) is 3.32. The van der Waals surface area contributed by atoms with E-state index >= 15 is 0 Å². The Labute approximate surface area is 165 Å². The average molecular weight is 381 g/mol. The van der Waals surface area contributed by atoms with Crippen LogP contribution in [0.4, 0.5) is 5.82 Å². The van der Waals surface area contributed by atoms with Gasteiger partial charge in [0.1, 0.15) is 17.6 Å². The fraction of sp³-hybridized carbons (Fsp3) is 0.381. The molecule has 0 saturated heterocycles. The third kappa shape index (κ3) is 3.57. The van der Waals surface area contributed by atoms with E-state index in [1.54, 1.807) is 0 Å². The number of hydrogen-bond acceptors (Lipinski definition) is 6. The molecule has 1 aliphatic carbocycles. The van der Waals surface area contributed by atoms with Crippen molar-refractivity contribution in [1.29, 1.82) is 0 Å². The van der Waals surface area contributed by atoms with E-state index in [1.807, 2.05) is 37.3 Å². The summed E-state index contributed by atoms with van der Waals surface area (Å²) in [6.07, 6.45) is 2.40. The summed E-state index contributed by atoms with van der Waals surface area (Å²) in [7, 11) is 0. The van der Waals surface area contributed by atoms with Crippen LogP contribution in [0.25, 0.3) is 22.4 Å². The van der Waals surface area contributed by atoms with Crippen molar-refractivity contribution in [3.8, 4) is 11.4 Å². The Bertz CT molecular complexity index is 1010. The lowest BCUT2D eigenvalue weighted by Crippen LogP contribution is -2.24. The number of H-pyrrole nitrogens is 1. The number of ether oxygens (including phenoxy) is 1. The topological polar surface area (TPSA) is 106 Å². The van der Waals surface area contributed by atoms with Gasteiger partial charge in [-0.3, -0.25) is 4.79 Å². The number of nitrogens with two attached hydrogens (primary N) is 1. The molecule has 3 aromatic rings. The number of nitrogens with zero attached hydrogens (tertiary/aromatic N) is 2. The Morgan fingerprint density at radius 1 is 1.29 bits per heavy atom. The van der Waals surface area contributed by atoms with Gasteiger partial charge in [-0.15, -0.1) is 0 Å². The van der Waals surface area contributed by atoms with E-state index in [0.29, 0.717) is 5.82 Å². The first-order valence-electron chi connectivity index (χ1n) is 9.63. The fourth-order valence-electron chi connectivity index (χ4n) is 3.79. The van der Waals surface area contributed by atoms with Gasteiger partial charge in [-0.25, -0.2) is 9.97 Å². The summed E-state index contributed by atoms with van der Waals surface area (Å²) in [5, 5.41) is 4.59. The lowest BCUT2D eigenvalue weighted by molar-refractivity contribution is -0.146. The van der Waals surface area contributed by atoms with Gasteiger partial charge in [-0.05, 0) is 32.3 Å². The number of aryl methyl sites for hydroxylation is 2. The smallest absolute Gasteiger partial charge is 0.319 e. The predicted molar refractivity (Wildman–Crippen MR) is 111 cm³/mol. The number of nitrogens with one attached hydrogen (secondary N) is 2. The molecule has 2 unspecified atom stereocenters. The van der Waals surface area contributed by atoms with Crippen molar-refractivity contribution in [2.75, 3.05) is 11.9 Å². The molecule has 0 aliphatic heterocycles. The van der Waals surface area contributed by atoms with Crippen LogP contribution in [0.1, 0.15) is 31.9 Å². The maximum absolute atomic E-state index is 11.5. The van der Waals surface area contributed by atoms with E-state index in [0.717, 1.165) is 52.9 Å².